The Kier molecular flexibility index (Phi) is 12.5. The Balaban J connectivity index is 0.000000229. The fraction of sp³-hybridized carbons (Fsp3) is 0.462. The molecule has 0 spiro atoms. The molecule has 2 aliphatic heterocycles. The van der Waals surface area contributed by atoms with Crippen LogP contribution in [0.4, 0.5) is 0 Å². The highest BCUT2D eigenvalue weighted by Gasteiger charge is 2.54. The third kappa shape index (κ3) is 8.14. The summed E-state index contributed by atoms with van der Waals surface area (Å²) in [4.78, 5) is 37.0. The zero-order chi connectivity index (χ0) is 34.9. The minimum Gasteiger partial charge on any atom is -0.461 e. The van der Waals surface area contributed by atoms with Gasteiger partial charge < -0.3 is 28.8 Å². The summed E-state index contributed by atoms with van der Waals surface area (Å²) in [7, 11) is 0. The van der Waals surface area contributed by atoms with Gasteiger partial charge in [0, 0.05) is 0 Å². The third-order valence-corrected chi connectivity index (χ3v) is 9.99. The van der Waals surface area contributed by atoms with Crippen LogP contribution < -0.4 is 0 Å². The topological polar surface area (TPSA) is 118 Å². The maximum absolute atomic E-state index is 12.5. The number of aliphatic hydroxyl groups is 1. The molecule has 8 atom stereocenters. The molecule has 2 saturated heterocycles. The van der Waals surface area contributed by atoms with Gasteiger partial charge in [0.15, 0.2) is 0 Å². The van der Waals surface area contributed by atoms with E-state index in [1.807, 2.05) is 59.7 Å². The summed E-state index contributed by atoms with van der Waals surface area (Å²) >= 11 is 0. The Hall–Kier alpha value is -4.05. The van der Waals surface area contributed by atoms with Crippen LogP contribution in [0.2, 0.25) is 0 Å². The highest BCUT2D eigenvalue weighted by molar-refractivity contribution is 5.90. The highest BCUT2D eigenvalue weighted by Crippen LogP contribution is 2.46. The Morgan fingerprint density at radius 3 is 1.35 bits per heavy atom. The summed E-state index contributed by atoms with van der Waals surface area (Å²) in [6.45, 7) is 12.0. The molecule has 9 heteroatoms. The fourth-order valence-corrected chi connectivity index (χ4v) is 6.14. The van der Waals surface area contributed by atoms with Crippen molar-refractivity contribution in [1.82, 2.24) is 0 Å². The second kappa shape index (κ2) is 16.4. The van der Waals surface area contributed by atoms with E-state index in [4.69, 9.17) is 23.7 Å². The number of ether oxygens (including phenoxy) is 5. The van der Waals surface area contributed by atoms with E-state index in [1.165, 1.54) is 0 Å². The number of carbonyl (C=O) groups excluding carboxylic acids is 3. The molecular weight excluding hydrogens is 612 g/mol. The molecule has 1 N–H and O–H groups in total. The molecule has 258 valence electrons. The predicted octanol–water partition coefficient (Wildman–Crippen LogP) is 7.09. The van der Waals surface area contributed by atoms with Gasteiger partial charge in [0.1, 0.15) is 6.61 Å². The lowest BCUT2D eigenvalue weighted by Gasteiger charge is -2.32. The zero-order valence-corrected chi connectivity index (χ0v) is 28.7. The van der Waals surface area contributed by atoms with E-state index >= 15 is 0 Å². The smallest absolute Gasteiger partial charge is 0.340 e. The van der Waals surface area contributed by atoms with Crippen molar-refractivity contribution < 1.29 is 43.2 Å². The second-order valence-electron chi connectivity index (χ2n) is 13.1. The number of hydrogen-bond donors (Lipinski definition) is 1. The molecule has 0 amide bonds. The Morgan fingerprint density at radius 1 is 0.625 bits per heavy atom. The van der Waals surface area contributed by atoms with Crippen molar-refractivity contribution in [3.8, 4) is 0 Å². The fourth-order valence-electron chi connectivity index (χ4n) is 6.14. The van der Waals surface area contributed by atoms with Crippen LogP contribution in [-0.4, -0.2) is 61.0 Å². The van der Waals surface area contributed by atoms with E-state index in [0.29, 0.717) is 16.7 Å². The molecule has 48 heavy (non-hydrogen) atoms. The van der Waals surface area contributed by atoms with Crippen LogP contribution in [0.5, 0.6) is 0 Å². The summed E-state index contributed by atoms with van der Waals surface area (Å²) in [6.07, 6.45) is 0.0393. The molecule has 0 bridgehead atoms. The van der Waals surface area contributed by atoms with Crippen LogP contribution in [0.15, 0.2) is 91.0 Å². The molecule has 0 radical (unpaired) electrons. The molecule has 5 rings (SSSR count). The normalized spacial score (nSPS) is 29.3. The first kappa shape index (κ1) is 36.8. The number of carbonyl (C=O) groups is 3. The van der Waals surface area contributed by atoms with Gasteiger partial charge in [-0.05, 0) is 68.0 Å². The maximum atomic E-state index is 12.5. The lowest BCUT2D eigenvalue weighted by atomic mass is 9.77. The van der Waals surface area contributed by atoms with Crippen LogP contribution in [0, 0.1) is 22.7 Å². The molecule has 2 fully saturated rings. The number of hydrogen-bond acceptors (Lipinski definition) is 9. The number of aliphatic hydroxyl groups excluding tert-OH is 1. The van der Waals surface area contributed by atoms with Crippen molar-refractivity contribution in [2.24, 2.45) is 22.7 Å². The zero-order valence-electron chi connectivity index (χ0n) is 28.7. The van der Waals surface area contributed by atoms with Gasteiger partial charge in [-0.3, -0.25) is 0 Å². The maximum Gasteiger partial charge on any atom is 0.340 e. The molecule has 2 heterocycles. The van der Waals surface area contributed by atoms with Crippen LogP contribution in [0.25, 0.3) is 0 Å². The molecule has 3 aromatic carbocycles. The lowest BCUT2D eigenvalue weighted by Crippen LogP contribution is -2.40. The van der Waals surface area contributed by atoms with E-state index in [1.54, 1.807) is 72.8 Å². The Labute approximate surface area is 283 Å². The predicted molar refractivity (Wildman–Crippen MR) is 180 cm³/mol. The van der Waals surface area contributed by atoms with Gasteiger partial charge in [0.05, 0.1) is 46.3 Å². The van der Waals surface area contributed by atoms with Crippen molar-refractivity contribution in [2.75, 3.05) is 13.2 Å². The number of rotatable bonds is 10. The van der Waals surface area contributed by atoms with E-state index < -0.39 is 41.3 Å². The van der Waals surface area contributed by atoms with Gasteiger partial charge in [-0.2, -0.15) is 0 Å². The molecule has 2 aliphatic rings. The van der Waals surface area contributed by atoms with Gasteiger partial charge in [-0.25, -0.2) is 14.4 Å². The number of esters is 3. The van der Waals surface area contributed by atoms with Gasteiger partial charge in [-0.1, -0.05) is 89.2 Å². The Bertz CT molecular complexity index is 1480. The molecule has 3 aromatic rings. The van der Waals surface area contributed by atoms with Crippen LogP contribution >= 0.6 is 0 Å². The van der Waals surface area contributed by atoms with Crippen molar-refractivity contribution >= 4 is 17.9 Å². The first-order valence-electron chi connectivity index (χ1n) is 16.6. The van der Waals surface area contributed by atoms with Crippen molar-refractivity contribution in [3.63, 3.8) is 0 Å². The first-order valence-corrected chi connectivity index (χ1v) is 16.6. The van der Waals surface area contributed by atoms with Crippen molar-refractivity contribution in [2.45, 2.75) is 79.2 Å². The minimum atomic E-state index is -0.788. The first-order chi connectivity index (χ1) is 23.0. The average Bonchev–Trinajstić information content (AvgIpc) is 3.51. The molecule has 0 aromatic heterocycles. The summed E-state index contributed by atoms with van der Waals surface area (Å²) in [5, 5.41) is 9.69. The summed E-state index contributed by atoms with van der Waals surface area (Å²) < 4.78 is 28.6. The SMILES string of the molecule is CC[C@H]1OC(OC(=O)c2ccccc2)[C@](C)(CO)[C@@H]1C.CC[C@H]1OC(OC(=O)c2ccccc2)[C@](C)(COC(=O)c2ccccc2)[C@@H]1C. The average molecular weight is 661 g/mol. The van der Waals surface area contributed by atoms with Crippen molar-refractivity contribution in [1.29, 1.82) is 0 Å². The standard InChI is InChI=1S/C23H26O5.C16H22O4/c1-4-19-16(2)23(3,15-26-20(24)17-11-7-5-8-12-17)22(27-19)28-21(25)18-13-9-6-10-14-18;1-4-13-11(2)16(3,10-17)15(19-13)20-14(18)12-8-6-5-7-9-12/h5-14,16,19,22H,4,15H2,1-3H3;5-9,11,13,15,17H,4,10H2,1-3H3/t16-,19-,22?,23-;11-,13-,15?,16-/m11/s1. The van der Waals surface area contributed by atoms with Gasteiger partial charge >= 0.3 is 17.9 Å². The summed E-state index contributed by atoms with van der Waals surface area (Å²) in [5.41, 5.74) is 0.231. The molecule has 2 unspecified atom stereocenters. The van der Waals surface area contributed by atoms with E-state index in [2.05, 4.69) is 0 Å². The van der Waals surface area contributed by atoms with Gasteiger partial charge in [0.25, 0.3) is 0 Å². The number of benzene rings is 3. The van der Waals surface area contributed by atoms with Crippen molar-refractivity contribution in [3.05, 3.63) is 108 Å². The monoisotopic (exact) mass is 660 g/mol. The third-order valence-electron chi connectivity index (χ3n) is 9.99. The second-order valence-corrected chi connectivity index (χ2v) is 13.1. The summed E-state index contributed by atoms with van der Waals surface area (Å²) in [5.74, 6) is -1.09. The van der Waals surface area contributed by atoms with Gasteiger partial charge in [0.2, 0.25) is 12.6 Å². The lowest BCUT2D eigenvalue weighted by molar-refractivity contribution is -0.148. The Morgan fingerprint density at radius 2 is 0.979 bits per heavy atom. The molecular formula is C39H48O9. The van der Waals surface area contributed by atoms with E-state index in [0.717, 1.165) is 12.8 Å². The van der Waals surface area contributed by atoms with Gasteiger partial charge in [-0.15, -0.1) is 0 Å². The van der Waals surface area contributed by atoms with Crippen LogP contribution in [0.1, 0.15) is 85.5 Å². The van der Waals surface area contributed by atoms with Crippen LogP contribution in [-0.2, 0) is 23.7 Å². The molecule has 9 nitrogen and oxygen atoms in total. The summed E-state index contributed by atoms with van der Waals surface area (Å²) in [6, 6.07) is 26.5. The van der Waals surface area contributed by atoms with E-state index in [9.17, 15) is 19.5 Å². The molecule has 0 saturated carbocycles. The minimum absolute atomic E-state index is 0.000670. The quantitative estimate of drug-likeness (QED) is 0.180. The van der Waals surface area contributed by atoms with Crippen LogP contribution in [0.3, 0.4) is 0 Å². The highest BCUT2D eigenvalue weighted by atomic mass is 16.7. The van der Waals surface area contributed by atoms with E-state index in [-0.39, 0.29) is 37.3 Å². The molecule has 0 aliphatic carbocycles. The largest absolute Gasteiger partial charge is 0.461 e.